The van der Waals surface area contributed by atoms with E-state index in [1.165, 1.54) is 22.4 Å². The summed E-state index contributed by atoms with van der Waals surface area (Å²) in [4.78, 5) is 19.1. The molecule has 2 aromatic rings. The molecule has 176 valence electrons. The summed E-state index contributed by atoms with van der Waals surface area (Å²) < 4.78 is 12.7. The molecule has 1 saturated carbocycles. The van der Waals surface area contributed by atoms with Gasteiger partial charge in [-0.25, -0.2) is 0 Å². The number of carbonyl (C=O) groups is 1. The minimum Gasteiger partial charge on any atom is -0.468 e. The molecule has 5 atom stereocenters. The van der Waals surface area contributed by atoms with E-state index in [0.29, 0.717) is 6.61 Å². The molecule has 4 aliphatic heterocycles. The lowest BCUT2D eigenvalue weighted by atomic mass is 9.43. The Balaban J connectivity index is 1.47. The predicted molar refractivity (Wildman–Crippen MR) is 131 cm³/mol. The van der Waals surface area contributed by atoms with E-state index < -0.39 is 16.6 Å². The highest BCUT2D eigenvalue weighted by atomic mass is 16.6. The van der Waals surface area contributed by atoms with Crippen LogP contribution in [0, 0.1) is 11.3 Å². The van der Waals surface area contributed by atoms with Crippen molar-refractivity contribution < 1.29 is 14.3 Å². The number of esters is 1. The van der Waals surface area contributed by atoms with Crippen molar-refractivity contribution in [2.24, 2.45) is 11.3 Å². The fourth-order valence-corrected chi connectivity index (χ4v) is 8.75. The molecule has 4 fully saturated rings. The Morgan fingerprint density at radius 1 is 1.18 bits per heavy atom. The van der Waals surface area contributed by atoms with Crippen LogP contribution in [-0.2, 0) is 26.1 Å². The van der Waals surface area contributed by atoms with Gasteiger partial charge in [0.2, 0.25) is 0 Å². The van der Waals surface area contributed by atoms with E-state index in [1.54, 1.807) is 7.11 Å². The van der Waals surface area contributed by atoms with Crippen LogP contribution in [0.2, 0.25) is 0 Å². The number of hydrogen-bond acceptors (Lipinski definition) is 5. The molecular weight excluding hydrogens is 424 g/mol. The van der Waals surface area contributed by atoms with E-state index in [9.17, 15) is 4.79 Å². The molecule has 0 spiro atoms. The normalized spacial score (nSPS) is 38.2. The van der Waals surface area contributed by atoms with Crippen molar-refractivity contribution in [3.8, 4) is 0 Å². The fraction of sp³-hybridized carbons (Fsp3) is 0.483. The second-order valence-electron chi connectivity index (χ2n) is 10.6. The Labute approximate surface area is 201 Å². The maximum Gasteiger partial charge on any atom is 0.315 e. The number of piperidine rings is 2. The van der Waals surface area contributed by atoms with E-state index in [-0.39, 0.29) is 17.9 Å². The number of para-hydroxylation sites is 1. The highest BCUT2D eigenvalue weighted by Gasteiger charge is 2.87. The summed E-state index contributed by atoms with van der Waals surface area (Å²) in [7, 11) is 1.56. The Bertz CT molecular complexity index is 1190. The molecule has 0 aromatic heterocycles. The molecule has 4 heterocycles. The monoisotopic (exact) mass is 456 g/mol. The van der Waals surface area contributed by atoms with Crippen LogP contribution in [0.5, 0.6) is 0 Å². The van der Waals surface area contributed by atoms with Crippen molar-refractivity contribution in [2.45, 2.75) is 43.4 Å². The molecule has 34 heavy (non-hydrogen) atoms. The zero-order valence-electron chi connectivity index (χ0n) is 20.0. The summed E-state index contributed by atoms with van der Waals surface area (Å²) in [6.45, 7) is 5.33. The number of nitrogens with zero attached hydrogens (tertiary/aromatic N) is 2. The molecule has 1 aliphatic carbocycles. The van der Waals surface area contributed by atoms with Crippen molar-refractivity contribution in [1.29, 1.82) is 0 Å². The summed E-state index contributed by atoms with van der Waals surface area (Å²) in [5.74, 6) is 0.0662. The molecule has 0 unspecified atom stereocenters. The number of rotatable bonds is 4. The van der Waals surface area contributed by atoms with Gasteiger partial charge >= 0.3 is 5.97 Å². The molecule has 5 nitrogen and oxygen atoms in total. The van der Waals surface area contributed by atoms with Gasteiger partial charge in [0.15, 0.2) is 5.72 Å². The molecule has 5 bridgehead atoms. The Morgan fingerprint density at radius 3 is 2.76 bits per heavy atom. The quantitative estimate of drug-likeness (QED) is 0.515. The minimum absolute atomic E-state index is 0.0905. The van der Waals surface area contributed by atoms with E-state index in [2.05, 4.69) is 77.4 Å². The molecule has 3 saturated heterocycles. The molecule has 0 N–H and O–H groups in total. The van der Waals surface area contributed by atoms with Crippen LogP contribution >= 0.6 is 0 Å². The van der Waals surface area contributed by atoms with Crippen molar-refractivity contribution in [3.63, 3.8) is 0 Å². The number of carbonyl (C=O) groups excluding carboxylic acids is 1. The smallest absolute Gasteiger partial charge is 0.315 e. The highest BCUT2D eigenvalue weighted by Crippen LogP contribution is 2.76. The largest absolute Gasteiger partial charge is 0.468 e. The first-order valence-electron chi connectivity index (χ1n) is 12.7. The van der Waals surface area contributed by atoms with Crippen LogP contribution in [0.3, 0.4) is 0 Å². The second kappa shape index (κ2) is 6.96. The maximum atomic E-state index is 14.0. The minimum atomic E-state index is -0.690. The third-order valence-corrected chi connectivity index (χ3v) is 9.89. The number of benzene rings is 2. The highest BCUT2D eigenvalue weighted by molar-refractivity contribution is 5.86. The molecule has 7 rings (SSSR count). The van der Waals surface area contributed by atoms with Gasteiger partial charge in [-0.05, 0) is 43.4 Å². The van der Waals surface area contributed by atoms with Crippen LogP contribution in [-0.4, -0.2) is 56.0 Å². The van der Waals surface area contributed by atoms with Crippen LogP contribution in [0.1, 0.15) is 30.9 Å². The predicted octanol–water partition coefficient (Wildman–Crippen LogP) is 3.93. The topological polar surface area (TPSA) is 42.0 Å². The van der Waals surface area contributed by atoms with Gasteiger partial charge in [0.1, 0.15) is 5.41 Å². The maximum absolute atomic E-state index is 14.0. The molecule has 0 amide bonds. The van der Waals surface area contributed by atoms with Gasteiger partial charge in [-0.3, -0.25) is 9.69 Å². The van der Waals surface area contributed by atoms with Crippen LogP contribution < -0.4 is 4.90 Å². The molecular formula is C29H32N2O3. The number of anilines is 1. The third-order valence-electron chi connectivity index (χ3n) is 9.89. The van der Waals surface area contributed by atoms with Crippen molar-refractivity contribution in [2.75, 3.05) is 38.3 Å². The van der Waals surface area contributed by atoms with Gasteiger partial charge in [0, 0.05) is 31.2 Å². The average molecular weight is 457 g/mol. The molecule has 2 aromatic carbocycles. The second-order valence-corrected chi connectivity index (χ2v) is 10.6. The average Bonchev–Trinajstić information content (AvgIpc) is 3.28. The first-order chi connectivity index (χ1) is 16.6. The van der Waals surface area contributed by atoms with E-state index >= 15 is 0 Å². The number of allylic oxidation sites excluding steroid dienone is 1. The van der Waals surface area contributed by atoms with Crippen LogP contribution in [0.25, 0.3) is 0 Å². The zero-order chi connectivity index (χ0) is 23.1. The van der Waals surface area contributed by atoms with Gasteiger partial charge in [-0.1, -0.05) is 60.2 Å². The summed E-state index contributed by atoms with van der Waals surface area (Å²) in [6, 6.07) is 19.7. The van der Waals surface area contributed by atoms with E-state index in [0.717, 1.165) is 38.9 Å². The lowest BCUT2D eigenvalue weighted by molar-refractivity contribution is -0.184. The van der Waals surface area contributed by atoms with Gasteiger partial charge in [0.05, 0.1) is 25.2 Å². The Kier molecular flexibility index (Phi) is 4.24. The number of fused-ring (bicyclic) bond motifs is 3. The number of hydrogen-bond donors (Lipinski definition) is 0. The lowest BCUT2D eigenvalue weighted by Gasteiger charge is -2.67. The molecule has 5 aliphatic rings. The van der Waals surface area contributed by atoms with Crippen LogP contribution in [0.15, 0.2) is 66.2 Å². The van der Waals surface area contributed by atoms with Crippen LogP contribution in [0.4, 0.5) is 5.69 Å². The molecule has 0 radical (unpaired) electrons. The summed E-state index contributed by atoms with van der Waals surface area (Å²) in [6.07, 6.45) is 5.06. The number of ether oxygens (including phenoxy) is 2. The first-order valence-corrected chi connectivity index (χ1v) is 12.7. The molecule has 5 heteroatoms. The van der Waals surface area contributed by atoms with Crippen molar-refractivity contribution in [1.82, 2.24) is 4.90 Å². The lowest BCUT2D eigenvalue weighted by Crippen LogP contribution is -2.80. The third kappa shape index (κ3) is 2.09. The zero-order valence-corrected chi connectivity index (χ0v) is 20.0. The summed E-state index contributed by atoms with van der Waals surface area (Å²) in [5.41, 5.74) is 3.60. The van der Waals surface area contributed by atoms with Crippen molar-refractivity contribution in [3.05, 3.63) is 77.4 Å². The van der Waals surface area contributed by atoms with Gasteiger partial charge < -0.3 is 14.4 Å². The fourth-order valence-electron chi connectivity index (χ4n) is 8.75. The first kappa shape index (κ1) is 20.7. The van der Waals surface area contributed by atoms with Crippen molar-refractivity contribution >= 4 is 11.7 Å². The summed E-state index contributed by atoms with van der Waals surface area (Å²) >= 11 is 0. The van der Waals surface area contributed by atoms with E-state index in [1.807, 2.05) is 0 Å². The van der Waals surface area contributed by atoms with E-state index in [4.69, 9.17) is 9.47 Å². The van der Waals surface area contributed by atoms with Gasteiger partial charge in [0.25, 0.3) is 0 Å². The standard InChI is InChI=1S/C29H32N2O3/c1-3-21-18-30-16-14-28-22-11-7-8-12-24(22)31(15-13-20-9-5-4-6-10-20)29(28)25(30)17-23(21)27(28,19-34-29)26(32)33-2/h3-12,23,25H,13-19H2,1-2H3/b21-3+/t23-,25-,27-,28-,29+/m0/s1. The Morgan fingerprint density at radius 2 is 1.97 bits per heavy atom. The van der Waals surface area contributed by atoms with Gasteiger partial charge in [-0.15, -0.1) is 0 Å². The SMILES string of the molecule is C/C=C1\CN2CC[C@@]34c5ccccc5N(CCc5ccccc5)[C@]35OC[C@@]4(C(=O)OC)[C@H]1C[C@H]25. The Hall–Kier alpha value is -2.63. The van der Waals surface area contributed by atoms with Gasteiger partial charge in [-0.2, -0.15) is 0 Å². The number of methoxy groups -OCH3 is 1. The summed E-state index contributed by atoms with van der Waals surface area (Å²) in [5, 5.41) is 0.